The van der Waals surface area contributed by atoms with Gasteiger partial charge in [-0.3, -0.25) is 14.2 Å². The average molecular weight is 401 g/mol. The van der Waals surface area contributed by atoms with Crippen molar-refractivity contribution in [1.82, 2.24) is 4.57 Å². The second-order valence-corrected chi connectivity index (χ2v) is 7.80. The predicted molar refractivity (Wildman–Crippen MR) is 104 cm³/mol. The van der Waals surface area contributed by atoms with Gasteiger partial charge in [0.15, 0.2) is 11.6 Å². The van der Waals surface area contributed by atoms with E-state index in [0.717, 1.165) is 12.1 Å². The maximum absolute atomic E-state index is 13.6. The van der Waals surface area contributed by atoms with Crippen molar-refractivity contribution in [3.63, 3.8) is 0 Å². The molecule has 7 heteroatoms. The van der Waals surface area contributed by atoms with E-state index >= 15 is 0 Å². The molecular formula is C22H21F2NO4. The first-order valence-electron chi connectivity index (χ1n) is 9.02. The van der Waals surface area contributed by atoms with Crippen LogP contribution in [0.3, 0.4) is 0 Å². The normalized spacial score (nSPS) is 11.7. The van der Waals surface area contributed by atoms with Crippen LogP contribution in [0.25, 0.3) is 10.9 Å². The Hall–Kier alpha value is -3.22. The summed E-state index contributed by atoms with van der Waals surface area (Å²) >= 11 is 0. The van der Waals surface area contributed by atoms with Crippen molar-refractivity contribution >= 4 is 22.8 Å². The van der Waals surface area contributed by atoms with E-state index in [-0.39, 0.29) is 17.7 Å². The summed E-state index contributed by atoms with van der Waals surface area (Å²) in [6, 6.07) is 7.31. The lowest BCUT2D eigenvalue weighted by atomic mass is 10.1. The summed E-state index contributed by atoms with van der Waals surface area (Å²) in [6.07, 6.45) is -0.110. The Morgan fingerprint density at radius 2 is 1.76 bits per heavy atom. The number of ether oxygens (including phenoxy) is 1. The third-order valence-electron chi connectivity index (χ3n) is 4.43. The summed E-state index contributed by atoms with van der Waals surface area (Å²) in [5, 5.41) is 10.4. The summed E-state index contributed by atoms with van der Waals surface area (Å²) in [5.41, 5.74) is 0.689. The summed E-state index contributed by atoms with van der Waals surface area (Å²) < 4.78 is 33.6. The molecule has 1 heterocycles. The molecule has 0 spiro atoms. The fourth-order valence-corrected chi connectivity index (χ4v) is 3.24. The largest absolute Gasteiger partial charge is 0.508 e. The molecule has 0 aliphatic carbocycles. The minimum absolute atomic E-state index is 0.0274. The Kier molecular flexibility index (Phi) is 5.17. The molecule has 29 heavy (non-hydrogen) atoms. The maximum atomic E-state index is 13.6. The standard InChI is InChI=1S/C22H21F2NO4/c1-12-15(11-20(27)29-22(2,3)4)16-10-14(26)6-8-19(16)25(12)21(28)13-5-7-17(23)18(24)9-13/h5-10,26H,11H2,1-4H3. The highest BCUT2D eigenvalue weighted by atomic mass is 19.2. The van der Waals surface area contributed by atoms with Gasteiger partial charge in [-0.15, -0.1) is 0 Å². The number of benzene rings is 2. The topological polar surface area (TPSA) is 68.5 Å². The number of hydrogen-bond acceptors (Lipinski definition) is 4. The lowest BCUT2D eigenvalue weighted by Crippen LogP contribution is -2.25. The van der Waals surface area contributed by atoms with Crippen LogP contribution in [0.4, 0.5) is 8.78 Å². The number of halogens is 2. The molecule has 0 fully saturated rings. The molecule has 0 aliphatic rings. The molecule has 5 nitrogen and oxygen atoms in total. The Labute approximate surface area is 166 Å². The Morgan fingerprint density at radius 1 is 1.07 bits per heavy atom. The molecular weight excluding hydrogens is 380 g/mol. The number of rotatable bonds is 3. The van der Waals surface area contributed by atoms with Gasteiger partial charge in [-0.25, -0.2) is 8.78 Å². The smallest absolute Gasteiger partial charge is 0.310 e. The van der Waals surface area contributed by atoms with E-state index in [1.165, 1.54) is 28.8 Å². The third kappa shape index (κ3) is 4.13. The third-order valence-corrected chi connectivity index (χ3v) is 4.43. The molecule has 0 bridgehead atoms. The molecule has 0 atom stereocenters. The Morgan fingerprint density at radius 3 is 2.38 bits per heavy atom. The van der Waals surface area contributed by atoms with Crippen molar-refractivity contribution in [2.75, 3.05) is 0 Å². The van der Waals surface area contributed by atoms with Gasteiger partial charge in [-0.1, -0.05) is 0 Å². The SMILES string of the molecule is Cc1c(CC(=O)OC(C)(C)C)c2cc(O)ccc2n1C(=O)c1ccc(F)c(F)c1. The van der Waals surface area contributed by atoms with Crippen molar-refractivity contribution in [1.29, 1.82) is 0 Å². The van der Waals surface area contributed by atoms with E-state index in [2.05, 4.69) is 0 Å². The van der Waals surface area contributed by atoms with Gasteiger partial charge in [0, 0.05) is 16.6 Å². The molecule has 2 aromatic carbocycles. The second-order valence-electron chi connectivity index (χ2n) is 7.80. The number of phenols is 1. The Balaban J connectivity index is 2.13. The van der Waals surface area contributed by atoms with Gasteiger partial charge in [0.05, 0.1) is 11.9 Å². The van der Waals surface area contributed by atoms with E-state index < -0.39 is 29.1 Å². The molecule has 1 N–H and O–H groups in total. The highest BCUT2D eigenvalue weighted by molar-refractivity contribution is 6.05. The highest BCUT2D eigenvalue weighted by Gasteiger charge is 2.24. The molecule has 0 aliphatic heterocycles. The van der Waals surface area contributed by atoms with Crippen molar-refractivity contribution in [2.45, 2.75) is 39.7 Å². The molecule has 3 rings (SSSR count). The second kappa shape index (κ2) is 7.31. The maximum Gasteiger partial charge on any atom is 0.310 e. The van der Waals surface area contributed by atoms with E-state index in [1.807, 2.05) is 0 Å². The van der Waals surface area contributed by atoms with Gasteiger partial charge >= 0.3 is 5.97 Å². The average Bonchev–Trinajstić information content (AvgIpc) is 2.86. The fourth-order valence-electron chi connectivity index (χ4n) is 3.24. The number of phenolic OH excluding ortho intramolecular Hbond substituents is 1. The lowest BCUT2D eigenvalue weighted by Gasteiger charge is -2.19. The lowest BCUT2D eigenvalue weighted by molar-refractivity contribution is -0.153. The van der Waals surface area contributed by atoms with Gasteiger partial charge in [-0.2, -0.15) is 0 Å². The van der Waals surface area contributed by atoms with Crippen LogP contribution >= 0.6 is 0 Å². The summed E-state index contributed by atoms with van der Waals surface area (Å²) in [4.78, 5) is 25.4. The van der Waals surface area contributed by atoms with Crippen LogP contribution in [0.2, 0.25) is 0 Å². The monoisotopic (exact) mass is 401 g/mol. The molecule has 1 aromatic heterocycles. The minimum Gasteiger partial charge on any atom is -0.508 e. The van der Waals surface area contributed by atoms with Crippen LogP contribution in [0, 0.1) is 18.6 Å². The van der Waals surface area contributed by atoms with Crippen LogP contribution in [0.5, 0.6) is 5.75 Å². The summed E-state index contributed by atoms with van der Waals surface area (Å²) in [7, 11) is 0. The minimum atomic E-state index is -1.13. The fraction of sp³-hybridized carbons (Fsp3) is 0.273. The molecule has 0 radical (unpaired) electrons. The number of aromatic hydroxyl groups is 1. The zero-order chi connectivity index (χ0) is 21.5. The first kappa shape index (κ1) is 20.5. The molecule has 0 amide bonds. The number of hydrogen-bond donors (Lipinski definition) is 1. The molecule has 0 unspecified atom stereocenters. The van der Waals surface area contributed by atoms with Crippen LogP contribution in [-0.2, 0) is 16.0 Å². The first-order valence-corrected chi connectivity index (χ1v) is 9.02. The number of esters is 1. The van der Waals surface area contributed by atoms with Crippen LogP contribution in [0.15, 0.2) is 36.4 Å². The molecule has 0 saturated heterocycles. The molecule has 0 saturated carbocycles. The number of aromatic nitrogens is 1. The quantitative estimate of drug-likeness (QED) is 0.656. The van der Waals surface area contributed by atoms with Gasteiger partial charge in [-0.05, 0) is 69.7 Å². The zero-order valence-electron chi connectivity index (χ0n) is 16.5. The van der Waals surface area contributed by atoms with Crippen LogP contribution < -0.4 is 0 Å². The van der Waals surface area contributed by atoms with Crippen molar-refractivity contribution in [3.8, 4) is 5.75 Å². The van der Waals surface area contributed by atoms with E-state index in [9.17, 15) is 23.5 Å². The van der Waals surface area contributed by atoms with Crippen LogP contribution in [-0.4, -0.2) is 27.2 Å². The van der Waals surface area contributed by atoms with E-state index in [0.29, 0.717) is 22.2 Å². The number of carbonyl (C=O) groups excluding carboxylic acids is 2. The molecule has 3 aromatic rings. The number of carbonyl (C=O) groups is 2. The number of nitrogens with zero attached hydrogens (tertiary/aromatic N) is 1. The summed E-state index contributed by atoms with van der Waals surface area (Å²) in [6.45, 7) is 6.90. The van der Waals surface area contributed by atoms with Crippen molar-refractivity contribution < 1.29 is 28.2 Å². The van der Waals surface area contributed by atoms with Crippen LogP contribution in [0.1, 0.15) is 42.4 Å². The van der Waals surface area contributed by atoms with Crippen molar-refractivity contribution in [3.05, 3.63) is 64.9 Å². The van der Waals surface area contributed by atoms with E-state index in [4.69, 9.17) is 4.74 Å². The summed E-state index contributed by atoms with van der Waals surface area (Å²) in [5.74, 6) is -3.26. The number of fused-ring (bicyclic) bond motifs is 1. The van der Waals surface area contributed by atoms with Gasteiger partial charge < -0.3 is 9.84 Å². The highest BCUT2D eigenvalue weighted by Crippen LogP contribution is 2.31. The Bertz CT molecular complexity index is 1130. The van der Waals surface area contributed by atoms with Gasteiger partial charge in [0.1, 0.15) is 11.4 Å². The van der Waals surface area contributed by atoms with Gasteiger partial charge in [0.25, 0.3) is 5.91 Å². The predicted octanol–water partition coefficient (Wildman–Crippen LogP) is 4.51. The van der Waals surface area contributed by atoms with Crippen molar-refractivity contribution in [2.24, 2.45) is 0 Å². The van der Waals surface area contributed by atoms with Gasteiger partial charge in [0.2, 0.25) is 0 Å². The zero-order valence-corrected chi connectivity index (χ0v) is 16.5. The van der Waals surface area contributed by atoms with E-state index in [1.54, 1.807) is 27.7 Å². The molecule has 152 valence electrons. The first-order chi connectivity index (χ1) is 13.5.